The molecule has 6 nitrogen and oxygen atoms in total. The molecule has 1 heterocycles. The number of benzene rings is 2. The first kappa shape index (κ1) is 24.3. The van der Waals surface area contributed by atoms with Gasteiger partial charge in [0.05, 0.1) is 19.6 Å². The van der Waals surface area contributed by atoms with Gasteiger partial charge in [-0.25, -0.2) is 0 Å². The summed E-state index contributed by atoms with van der Waals surface area (Å²) < 4.78 is 5.26. The molecule has 0 bridgehead atoms. The number of carbonyl (C=O) groups is 2. The van der Waals surface area contributed by atoms with Crippen molar-refractivity contribution >= 4 is 17.6 Å². The average molecular weight is 465 g/mol. The number of hydrogen-bond acceptors (Lipinski definition) is 4. The van der Waals surface area contributed by atoms with Crippen LogP contribution in [0.25, 0.3) is 0 Å². The largest absolute Gasteiger partial charge is 0.497 e. The number of nitrogens with zero attached hydrogens (tertiary/aromatic N) is 1. The standard InChI is InChI=1S/C28H36N2O4/c1-34-23-14-11-21(12-15-23)19-30-25-10-6-5-9-22(25)17-18-28(29,27(30)33)24(26(31)32)16-13-20-7-3-2-4-8-20/h5-6,9-12,14-15,20,24H,2-4,7-8,13,16-19,29H2,1H3,(H,31,32)/t24-,28-/m1/s1. The minimum absolute atomic E-state index is 0.302. The molecule has 2 aliphatic rings. The molecule has 0 saturated heterocycles. The highest BCUT2D eigenvalue weighted by Gasteiger charge is 2.49. The second kappa shape index (κ2) is 10.6. The van der Waals surface area contributed by atoms with Crippen molar-refractivity contribution in [3.8, 4) is 5.75 Å². The molecule has 1 amide bonds. The van der Waals surface area contributed by atoms with E-state index in [9.17, 15) is 14.7 Å². The molecule has 2 aromatic rings. The summed E-state index contributed by atoms with van der Waals surface area (Å²) in [5, 5.41) is 10.2. The highest BCUT2D eigenvalue weighted by Crippen LogP contribution is 2.38. The lowest BCUT2D eigenvalue weighted by molar-refractivity contribution is -0.148. The Labute approximate surface area is 202 Å². The molecular weight excluding hydrogens is 428 g/mol. The first-order valence-corrected chi connectivity index (χ1v) is 12.5. The SMILES string of the molecule is COc1ccc(CN2C(=O)[C@](N)([C@H](CCC3CCCCC3)C(=O)O)CCc3ccccc32)cc1. The van der Waals surface area contributed by atoms with Gasteiger partial charge in [0.25, 0.3) is 0 Å². The highest BCUT2D eigenvalue weighted by atomic mass is 16.5. The number of hydrogen-bond donors (Lipinski definition) is 2. The van der Waals surface area contributed by atoms with E-state index < -0.39 is 17.4 Å². The van der Waals surface area contributed by atoms with Crippen LogP contribution in [0, 0.1) is 11.8 Å². The van der Waals surface area contributed by atoms with Gasteiger partial charge < -0.3 is 20.5 Å². The molecule has 34 heavy (non-hydrogen) atoms. The molecule has 4 rings (SSSR count). The summed E-state index contributed by atoms with van der Waals surface area (Å²) in [6.07, 6.45) is 8.12. The normalized spacial score (nSPS) is 22.1. The summed E-state index contributed by atoms with van der Waals surface area (Å²) in [5.41, 5.74) is 8.15. The summed E-state index contributed by atoms with van der Waals surface area (Å²) >= 11 is 0. The Hall–Kier alpha value is -2.86. The van der Waals surface area contributed by atoms with Gasteiger partial charge >= 0.3 is 5.97 Å². The number of fused-ring (bicyclic) bond motifs is 1. The van der Waals surface area contributed by atoms with Crippen molar-refractivity contribution in [3.05, 3.63) is 59.7 Å². The van der Waals surface area contributed by atoms with Crippen molar-refractivity contribution in [2.75, 3.05) is 12.0 Å². The van der Waals surface area contributed by atoms with Gasteiger partial charge in [0, 0.05) is 5.69 Å². The highest BCUT2D eigenvalue weighted by molar-refractivity contribution is 6.03. The van der Waals surface area contributed by atoms with Crippen LogP contribution in [-0.4, -0.2) is 29.6 Å². The molecule has 1 aliphatic carbocycles. The van der Waals surface area contributed by atoms with E-state index in [0.29, 0.717) is 31.7 Å². The van der Waals surface area contributed by atoms with Gasteiger partial charge in [0.1, 0.15) is 11.3 Å². The monoisotopic (exact) mass is 464 g/mol. The number of aliphatic carboxylic acids is 1. The summed E-state index contributed by atoms with van der Waals surface area (Å²) in [6.45, 7) is 0.327. The number of aryl methyl sites for hydroxylation is 1. The molecule has 0 aromatic heterocycles. The lowest BCUT2D eigenvalue weighted by Gasteiger charge is -2.37. The summed E-state index contributed by atoms with van der Waals surface area (Å²) in [6, 6.07) is 15.4. The number of carbonyl (C=O) groups excluding carboxylic acids is 1. The molecule has 0 unspecified atom stereocenters. The van der Waals surface area contributed by atoms with Crippen LogP contribution in [0.4, 0.5) is 5.69 Å². The molecule has 2 atom stereocenters. The van der Waals surface area contributed by atoms with Crippen LogP contribution in [0.3, 0.4) is 0 Å². The number of nitrogens with two attached hydrogens (primary N) is 1. The maximum Gasteiger partial charge on any atom is 0.308 e. The van der Waals surface area contributed by atoms with Crippen LogP contribution in [0.1, 0.15) is 62.5 Å². The van der Waals surface area contributed by atoms with Crippen LogP contribution < -0.4 is 15.4 Å². The number of amides is 1. The Morgan fingerprint density at radius 2 is 1.85 bits per heavy atom. The van der Waals surface area contributed by atoms with E-state index in [1.54, 1.807) is 12.0 Å². The summed E-state index contributed by atoms with van der Waals surface area (Å²) in [5.74, 6) is -0.901. The molecule has 1 fully saturated rings. The van der Waals surface area contributed by atoms with Crippen molar-refractivity contribution in [1.29, 1.82) is 0 Å². The Morgan fingerprint density at radius 3 is 2.53 bits per heavy atom. The van der Waals surface area contributed by atoms with Gasteiger partial charge in [0.2, 0.25) is 5.91 Å². The van der Waals surface area contributed by atoms with Gasteiger partial charge in [-0.05, 0) is 60.9 Å². The second-order valence-corrected chi connectivity index (χ2v) is 9.88. The fourth-order valence-electron chi connectivity index (χ4n) is 5.67. The molecule has 3 N–H and O–H groups in total. The number of para-hydroxylation sites is 1. The van der Waals surface area contributed by atoms with E-state index in [2.05, 4.69) is 0 Å². The van der Waals surface area contributed by atoms with Crippen molar-refractivity contribution in [2.45, 2.75) is 69.9 Å². The molecule has 6 heteroatoms. The number of rotatable bonds is 8. The Bertz CT molecular complexity index is 1000. The Morgan fingerprint density at radius 1 is 1.15 bits per heavy atom. The summed E-state index contributed by atoms with van der Waals surface area (Å²) in [7, 11) is 1.62. The fraction of sp³-hybridized carbons (Fsp3) is 0.500. The van der Waals surface area contributed by atoms with Gasteiger partial charge in [-0.1, -0.05) is 62.4 Å². The average Bonchev–Trinajstić information content (AvgIpc) is 2.96. The minimum atomic E-state index is -1.45. The summed E-state index contributed by atoms with van der Waals surface area (Å²) in [4.78, 5) is 28.2. The predicted molar refractivity (Wildman–Crippen MR) is 133 cm³/mol. The van der Waals surface area contributed by atoms with E-state index in [-0.39, 0.29) is 5.91 Å². The number of carboxylic acid groups (broad SMARTS) is 1. The number of carboxylic acids is 1. The molecule has 1 aliphatic heterocycles. The van der Waals surface area contributed by atoms with Crippen LogP contribution in [0.2, 0.25) is 0 Å². The van der Waals surface area contributed by atoms with E-state index in [1.165, 1.54) is 19.3 Å². The third-order valence-corrected chi connectivity index (χ3v) is 7.74. The van der Waals surface area contributed by atoms with Crippen LogP contribution in [-0.2, 0) is 22.6 Å². The smallest absolute Gasteiger partial charge is 0.308 e. The van der Waals surface area contributed by atoms with Crippen LogP contribution in [0.15, 0.2) is 48.5 Å². The molecule has 2 aromatic carbocycles. The second-order valence-electron chi connectivity index (χ2n) is 9.88. The number of anilines is 1. The first-order chi connectivity index (χ1) is 16.4. The molecule has 1 saturated carbocycles. The van der Waals surface area contributed by atoms with Gasteiger partial charge in [-0.2, -0.15) is 0 Å². The fourth-order valence-corrected chi connectivity index (χ4v) is 5.67. The van der Waals surface area contributed by atoms with Gasteiger partial charge in [-0.3, -0.25) is 9.59 Å². The van der Waals surface area contributed by atoms with E-state index in [1.807, 2.05) is 48.5 Å². The predicted octanol–water partition coefficient (Wildman–Crippen LogP) is 4.93. The van der Waals surface area contributed by atoms with E-state index in [4.69, 9.17) is 10.5 Å². The van der Waals surface area contributed by atoms with Crippen molar-refractivity contribution in [2.24, 2.45) is 17.6 Å². The number of ether oxygens (including phenoxy) is 1. The van der Waals surface area contributed by atoms with E-state index in [0.717, 1.165) is 41.8 Å². The van der Waals surface area contributed by atoms with Crippen molar-refractivity contribution in [3.63, 3.8) is 0 Å². The maximum atomic E-state index is 14.1. The van der Waals surface area contributed by atoms with Crippen LogP contribution in [0.5, 0.6) is 5.75 Å². The lowest BCUT2D eigenvalue weighted by atomic mass is 9.75. The molecule has 182 valence electrons. The Kier molecular flexibility index (Phi) is 7.57. The quantitative estimate of drug-likeness (QED) is 0.578. The van der Waals surface area contributed by atoms with Crippen LogP contribution >= 0.6 is 0 Å². The Balaban J connectivity index is 1.63. The van der Waals surface area contributed by atoms with Gasteiger partial charge in [0.15, 0.2) is 0 Å². The topological polar surface area (TPSA) is 92.9 Å². The van der Waals surface area contributed by atoms with Gasteiger partial charge in [-0.15, -0.1) is 0 Å². The lowest BCUT2D eigenvalue weighted by Crippen LogP contribution is -2.61. The number of methoxy groups -OCH3 is 1. The maximum absolute atomic E-state index is 14.1. The zero-order valence-electron chi connectivity index (χ0n) is 20.0. The molecule has 0 radical (unpaired) electrons. The third kappa shape index (κ3) is 5.12. The first-order valence-electron chi connectivity index (χ1n) is 12.5. The van der Waals surface area contributed by atoms with E-state index >= 15 is 0 Å². The zero-order valence-corrected chi connectivity index (χ0v) is 20.0. The third-order valence-electron chi connectivity index (χ3n) is 7.74. The molecule has 0 spiro atoms. The minimum Gasteiger partial charge on any atom is -0.497 e. The zero-order chi connectivity index (χ0) is 24.1. The molecular formula is C28H36N2O4. The van der Waals surface area contributed by atoms with Crippen molar-refractivity contribution in [1.82, 2.24) is 0 Å². The van der Waals surface area contributed by atoms with Crippen molar-refractivity contribution < 1.29 is 19.4 Å².